The van der Waals surface area contributed by atoms with Crippen LogP contribution in [0.2, 0.25) is 0 Å². The number of rotatable bonds is 24. The minimum atomic E-state index is -0.931. The molecule has 0 unspecified atom stereocenters. The molecule has 0 aliphatic carbocycles. The zero-order valence-electron chi connectivity index (χ0n) is 33.9. The monoisotopic (exact) mass is 774 g/mol. The molecule has 9 heteroatoms. The van der Waals surface area contributed by atoms with E-state index in [1.807, 2.05) is 0 Å². The third-order valence-electron chi connectivity index (χ3n) is 8.83. The molecular weight excluding hydrogens is 700 g/mol. The summed E-state index contributed by atoms with van der Waals surface area (Å²) in [7, 11) is 0. The van der Waals surface area contributed by atoms with Gasteiger partial charge in [-0.2, -0.15) is 0 Å². The predicted octanol–water partition coefficient (Wildman–Crippen LogP) is 6.93. The first-order valence-electron chi connectivity index (χ1n) is 18.9. The van der Waals surface area contributed by atoms with E-state index < -0.39 is 45.5 Å². The fraction of sp³-hybridized carbons (Fsp3) is 0.900. The van der Waals surface area contributed by atoms with Gasteiger partial charge in [-0.3, -0.25) is 0 Å². The van der Waals surface area contributed by atoms with E-state index in [4.69, 9.17) is 0 Å². The van der Waals surface area contributed by atoms with Crippen molar-refractivity contribution in [2.45, 2.75) is 212 Å². The van der Waals surface area contributed by atoms with Crippen molar-refractivity contribution in [1.29, 1.82) is 0 Å². The molecule has 0 fully saturated rings. The fourth-order valence-electron chi connectivity index (χ4n) is 4.38. The Labute approximate surface area is 321 Å². The first-order valence-corrected chi connectivity index (χ1v) is 18.9. The van der Waals surface area contributed by atoms with Gasteiger partial charge >= 0.3 is 26.2 Å². The van der Waals surface area contributed by atoms with Gasteiger partial charge in [-0.05, 0) is 25.7 Å². The van der Waals surface area contributed by atoms with Crippen LogP contribution in [-0.2, 0) is 45.4 Å². The molecule has 0 rings (SSSR count). The zero-order chi connectivity index (χ0) is 38.5. The van der Waals surface area contributed by atoms with E-state index in [-0.39, 0.29) is 26.2 Å². The second-order valence-corrected chi connectivity index (χ2v) is 15.9. The minimum absolute atomic E-state index is 0. The van der Waals surface area contributed by atoms with Gasteiger partial charge in [-0.15, -0.1) is 0 Å². The van der Waals surface area contributed by atoms with E-state index in [1.54, 1.807) is 55.4 Å². The van der Waals surface area contributed by atoms with Crippen molar-refractivity contribution in [1.82, 2.24) is 0 Å². The van der Waals surface area contributed by atoms with Crippen LogP contribution in [0, 0.1) is 21.7 Å². The number of carbonyl (C=O) groups is 4. The number of aliphatic carboxylic acids is 4. The molecule has 0 aliphatic rings. The average Bonchev–Trinajstić information content (AvgIpc) is 2.99. The largest absolute Gasteiger partial charge is 4.00 e. The van der Waals surface area contributed by atoms with Crippen LogP contribution in [0.1, 0.15) is 212 Å². The summed E-state index contributed by atoms with van der Waals surface area (Å²) in [6, 6.07) is 0. The number of carboxylic acids is 4. The number of unbranched alkanes of at least 4 members (excludes halogenated alkanes) is 12. The standard InChI is InChI=1S/4C10H20O2.Zr/c4*1-4-5-6-7-8-10(2,3)9(11)12;/h4*4-8H2,1-3H3,(H,11,12);/q;;;;+4/p-4. The Morgan fingerprint density at radius 2 is 0.469 bits per heavy atom. The van der Waals surface area contributed by atoms with E-state index in [9.17, 15) is 39.6 Å². The Morgan fingerprint density at radius 3 is 0.571 bits per heavy atom. The summed E-state index contributed by atoms with van der Waals surface area (Å²) in [4.78, 5) is 42.3. The second kappa shape index (κ2) is 32.7. The van der Waals surface area contributed by atoms with Gasteiger partial charge in [-0.25, -0.2) is 0 Å². The SMILES string of the molecule is CCCCCCC(C)(C)C(=O)[O-].CCCCCCC(C)(C)C(=O)[O-].CCCCCCC(C)(C)C(=O)[O-].CCCCCCC(C)(C)C(=O)[O-].[Zr+4]. The van der Waals surface area contributed by atoms with Crippen LogP contribution in [-0.4, -0.2) is 23.9 Å². The summed E-state index contributed by atoms with van der Waals surface area (Å²) in [5.74, 6) is -3.73. The molecule has 0 aliphatic heterocycles. The summed E-state index contributed by atoms with van der Waals surface area (Å²) < 4.78 is 0. The molecular formula is C40H76O8Zr. The van der Waals surface area contributed by atoms with Crippen LogP contribution < -0.4 is 20.4 Å². The summed E-state index contributed by atoms with van der Waals surface area (Å²) in [6.45, 7) is 22.4. The number of hydrogen-bond donors (Lipinski definition) is 0. The molecule has 0 bridgehead atoms. The molecule has 0 radical (unpaired) electrons. The molecule has 0 atom stereocenters. The third-order valence-corrected chi connectivity index (χ3v) is 8.83. The third kappa shape index (κ3) is 36.4. The predicted molar refractivity (Wildman–Crippen MR) is 190 cm³/mol. The normalized spacial score (nSPS) is 11.3. The molecule has 49 heavy (non-hydrogen) atoms. The molecule has 0 aromatic heterocycles. The Kier molecular flexibility index (Phi) is 38.1. The van der Waals surface area contributed by atoms with Gasteiger partial charge in [0.15, 0.2) is 0 Å². The van der Waals surface area contributed by atoms with Crippen molar-refractivity contribution >= 4 is 23.9 Å². The van der Waals surface area contributed by atoms with Crippen LogP contribution in [0.25, 0.3) is 0 Å². The number of carbonyl (C=O) groups excluding carboxylic acids is 4. The maximum Gasteiger partial charge on any atom is 4.00 e. The van der Waals surface area contributed by atoms with Gasteiger partial charge in [0, 0.05) is 45.5 Å². The van der Waals surface area contributed by atoms with Crippen LogP contribution in [0.15, 0.2) is 0 Å². The number of hydrogen-bond acceptors (Lipinski definition) is 8. The summed E-state index contributed by atoms with van der Waals surface area (Å²) in [6.07, 6.45) is 21.0. The van der Waals surface area contributed by atoms with E-state index in [0.717, 1.165) is 77.0 Å². The first kappa shape index (κ1) is 57.1. The quantitative estimate of drug-likeness (QED) is 0.0955. The molecule has 0 spiro atoms. The fourth-order valence-corrected chi connectivity index (χ4v) is 4.38. The maximum absolute atomic E-state index is 10.6. The van der Waals surface area contributed by atoms with Crippen LogP contribution in [0.3, 0.4) is 0 Å². The first-order chi connectivity index (χ1) is 22.0. The average molecular weight is 776 g/mol. The molecule has 0 saturated carbocycles. The van der Waals surface area contributed by atoms with E-state index in [2.05, 4.69) is 27.7 Å². The van der Waals surface area contributed by atoms with Crippen molar-refractivity contribution in [2.24, 2.45) is 21.7 Å². The summed E-state index contributed by atoms with van der Waals surface area (Å²) in [5.41, 5.74) is -2.58. The van der Waals surface area contributed by atoms with E-state index in [1.165, 1.54) is 51.4 Å². The van der Waals surface area contributed by atoms with Crippen LogP contribution >= 0.6 is 0 Å². The molecule has 0 amide bonds. The van der Waals surface area contributed by atoms with E-state index in [0.29, 0.717) is 0 Å². The van der Waals surface area contributed by atoms with Gasteiger partial charge in [0.05, 0.1) is 0 Å². The molecule has 0 N–H and O–H groups in total. The summed E-state index contributed by atoms with van der Waals surface area (Å²) in [5, 5.41) is 42.3. The van der Waals surface area contributed by atoms with Gasteiger partial charge in [-0.1, -0.05) is 186 Å². The number of carboxylic acid groups (broad SMARTS) is 4. The van der Waals surface area contributed by atoms with Gasteiger partial charge in [0.2, 0.25) is 0 Å². The molecule has 0 aromatic carbocycles. The van der Waals surface area contributed by atoms with Gasteiger partial charge < -0.3 is 39.6 Å². The van der Waals surface area contributed by atoms with Crippen molar-refractivity contribution in [3.05, 3.63) is 0 Å². The Balaban J connectivity index is -0.000000174. The van der Waals surface area contributed by atoms with Gasteiger partial charge in [0.25, 0.3) is 0 Å². The van der Waals surface area contributed by atoms with Crippen molar-refractivity contribution in [2.75, 3.05) is 0 Å². The molecule has 0 saturated heterocycles. The van der Waals surface area contributed by atoms with E-state index >= 15 is 0 Å². The second-order valence-electron chi connectivity index (χ2n) is 15.9. The Hall–Kier alpha value is -1.24. The Morgan fingerprint density at radius 1 is 0.327 bits per heavy atom. The molecule has 0 heterocycles. The Bertz CT molecular complexity index is 698. The van der Waals surface area contributed by atoms with Gasteiger partial charge in [0.1, 0.15) is 0 Å². The van der Waals surface area contributed by atoms with Crippen LogP contribution in [0.4, 0.5) is 0 Å². The molecule has 8 nitrogen and oxygen atoms in total. The van der Waals surface area contributed by atoms with Crippen LogP contribution in [0.5, 0.6) is 0 Å². The molecule has 288 valence electrons. The minimum Gasteiger partial charge on any atom is -0.550 e. The van der Waals surface area contributed by atoms with Crippen molar-refractivity contribution < 1.29 is 65.8 Å². The topological polar surface area (TPSA) is 161 Å². The van der Waals surface area contributed by atoms with Crippen molar-refractivity contribution in [3.8, 4) is 0 Å². The smallest absolute Gasteiger partial charge is 0.550 e. The summed E-state index contributed by atoms with van der Waals surface area (Å²) >= 11 is 0. The zero-order valence-corrected chi connectivity index (χ0v) is 36.4. The molecule has 0 aromatic rings. The maximum atomic E-state index is 10.6. The van der Waals surface area contributed by atoms with Crippen molar-refractivity contribution in [3.63, 3.8) is 0 Å².